The molecule has 0 aromatic rings. The molecule has 1 aliphatic rings. The molecule has 1 heterocycles. The zero-order chi connectivity index (χ0) is 11.7. The molecule has 0 saturated carbocycles. The molecule has 0 spiro atoms. The van der Waals surface area contributed by atoms with Gasteiger partial charge in [-0.3, -0.25) is 4.79 Å². The lowest BCUT2D eigenvalue weighted by Crippen LogP contribution is -2.49. The Morgan fingerprint density at radius 3 is 2.60 bits per heavy atom. The van der Waals surface area contributed by atoms with E-state index in [-0.39, 0.29) is 17.9 Å². The second-order valence-electron chi connectivity index (χ2n) is 4.42. The van der Waals surface area contributed by atoms with Gasteiger partial charge in [0, 0.05) is 11.5 Å². The van der Waals surface area contributed by atoms with Crippen molar-refractivity contribution in [2.24, 2.45) is 11.1 Å². The molecule has 1 aliphatic heterocycles. The number of sulfone groups is 1. The van der Waals surface area contributed by atoms with Crippen molar-refractivity contribution in [2.45, 2.75) is 32.2 Å². The Morgan fingerprint density at radius 1 is 1.60 bits per heavy atom. The molecule has 2 atom stereocenters. The largest absolute Gasteiger partial charge is 0.481 e. The van der Waals surface area contributed by atoms with Crippen molar-refractivity contribution in [3.63, 3.8) is 0 Å². The Kier molecular flexibility index (Phi) is 3.40. The molecule has 2 unspecified atom stereocenters. The lowest BCUT2D eigenvalue weighted by molar-refractivity contribution is -0.139. The Hall–Kier alpha value is -0.620. The molecule has 15 heavy (non-hydrogen) atoms. The van der Waals surface area contributed by atoms with Crippen LogP contribution in [0.2, 0.25) is 0 Å². The first kappa shape index (κ1) is 12.4. The van der Waals surface area contributed by atoms with Crippen LogP contribution < -0.4 is 5.73 Å². The number of aliphatic carboxylic acids is 1. The predicted molar refractivity (Wildman–Crippen MR) is 56.2 cm³/mol. The molecule has 0 aromatic heterocycles. The van der Waals surface area contributed by atoms with Crippen LogP contribution in [0.25, 0.3) is 0 Å². The van der Waals surface area contributed by atoms with Crippen LogP contribution >= 0.6 is 0 Å². The summed E-state index contributed by atoms with van der Waals surface area (Å²) in [7, 11) is -3.12. The number of hydrogen-bond acceptors (Lipinski definition) is 4. The Bertz CT molecular complexity index is 349. The summed E-state index contributed by atoms with van der Waals surface area (Å²) in [4.78, 5) is 10.7. The summed E-state index contributed by atoms with van der Waals surface area (Å²) in [5, 5.41) is 8.80. The van der Waals surface area contributed by atoms with Gasteiger partial charge in [0.15, 0.2) is 9.84 Å². The van der Waals surface area contributed by atoms with E-state index < -0.39 is 27.3 Å². The highest BCUT2D eigenvalue weighted by molar-refractivity contribution is 7.91. The van der Waals surface area contributed by atoms with Crippen molar-refractivity contribution in [2.75, 3.05) is 11.5 Å². The molecule has 0 aliphatic carbocycles. The maximum atomic E-state index is 11.5. The van der Waals surface area contributed by atoms with Crippen molar-refractivity contribution in [1.29, 1.82) is 0 Å². The van der Waals surface area contributed by atoms with E-state index in [2.05, 4.69) is 0 Å². The number of hydrogen-bond donors (Lipinski definition) is 2. The van der Waals surface area contributed by atoms with Crippen LogP contribution in [0.5, 0.6) is 0 Å². The van der Waals surface area contributed by atoms with Crippen molar-refractivity contribution < 1.29 is 18.3 Å². The highest BCUT2D eigenvalue weighted by Gasteiger charge is 2.43. The van der Waals surface area contributed by atoms with Gasteiger partial charge < -0.3 is 10.8 Å². The molecule has 1 fully saturated rings. The van der Waals surface area contributed by atoms with Gasteiger partial charge in [-0.2, -0.15) is 0 Å². The number of carbonyl (C=O) groups is 1. The molecule has 0 aromatic carbocycles. The van der Waals surface area contributed by atoms with E-state index in [1.54, 1.807) is 6.92 Å². The summed E-state index contributed by atoms with van der Waals surface area (Å²) in [5.74, 6) is -0.921. The van der Waals surface area contributed by atoms with E-state index in [1.807, 2.05) is 0 Å². The zero-order valence-electron chi connectivity index (χ0n) is 8.77. The summed E-state index contributed by atoms with van der Waals surface area (Å²) in [6.45, 7) is 1.68. The smallest absolute Gasteiger partial charge is 0.304 e. The lowest BCUT2D eigenvalue weighted by atomic mass is 9.76. The van der Waals surface area contributed by atoms with Gasteiger partial charge in [-0.1, -0.05) is 0 Å². The third-order valence-electron chi connectivity index (χ3n) is 3.11. The summed E-state index contributed by atoms with van der Waals surface area (Å²) >= 11 is 0. The number of rotatable bonds is 3. The SMILES string of the molecule is CC(N)C1(CC(=O)O)CCCS(=O)(=O)C1. The van der Waals surface area contributed by atoms with Gasteiger partial charge >= 0.3 is 5.97 Å². The average Bonchev–Trinajstić information content (AvgIpc) is 1.99. The first-order valence-electron chi connectivity index (χ1n) is 4.95. The maximum Gasteiger partial charge on any atom is 0.304 e. The molecule has 0 radical (unpaired) electrons. The van der Waals surface area contributed by atoms with Gasteiger partial charge in [0.05, 0.1) is 17.9 Å². The third-order valence-corrected chi connectivity index (χ3v) is 5.03. The second kappa shape index (κ2) is 4.09. The second-order valence-corrected chi connectivity index (χ2v) is 6.60. The molecule has 0 amide bonds. The van der Waals surface area contributed by atoms with Crippen LogP contribution in [-0.4, -0.2) is 37.0 Å². The van der Waals surface area contributed by atoms with Gasteiger partial charge in [-0.15, -0.1) is 0 Å². The fourth-order valence-electron chi connectivity index (χ4n) is 2.19. The van der Waals surface area contributed by atoms with Crippen molar-refractivity contribution in [3.8, 4) is 0 Å². The fourth-order valence-corrected chi connectivity index (χ4v) is 4.30. The first-order valence-corrected chi connectivity index (χ1v) is 6.77. The highest BCUT2D eigenvalue weighted by Crippen LogP contribution is 2.37. The molecule has 1 saturated heterocycles. The predicted octanol–water partition coefficient (Wildman–Crippen LogP) is 0.00330. The Labute approximate surface area is 89.6 Å². The van der Waals surface area contributed by atoms with Crippen LogP contribution in [0.3, 0.4) is 0 Å². The molecule has 1 rings (SSSR count). The fraction of sp³-hybridized carbons (Fsp3) is 0.889. The maximum absolute atomic E-state index is 11.5. The van der Waals surface area contributed by atoms with E-state index >= 15 is 0 Å². The molecule has 3 N–H and O–H groups in total. The summed E-state index contributed by atoms with van der Waals surface area (Å²) in [5.41, 5.74) is 4.97. The minimum atomic E-state index is -3.12. The monoisotopic (exact) mass is 235 g/mol. The molecular formula is C9H17NO4S. The van der Waals surface area contributed by atoms with Gasteiger partial charge in [0.2, 0.25) is 0 Å². The summed E-state index contributed by atoms with van der Waals surface area (Å²) < 4.78 is 23.0. The van der Waals surface area contributed by atoms with Crippen molar-refractivity contribution in [1.82, 2.24) is 0 Å². The van der Waals surface area contributed by atoms with Crippen LogP contribution in [0.1, 0.15) is 26.2 Å². The quantitative estimate of drug-likeness (QED) is 0.717. The average molecular weight is 235 g/mol. The van der Waals surface area contributed by atoms with Crippen LogP contribution in [0, 0.1) is 5.41 Å². The van der Waals surface area contributed by atoms with Crippen LogP contribution in [0.15, 0.2) is 0 Å². The minimum absolute atomic E-state index is 0.0933. The van der Waals surface area contributed by atoms with Gasteiger partial charge in [-0.05, 0) is 19.8 Å². The van der Waals surface area contributed by atoms with Gasteiger partial charge in [0.25, 0.3) is 0 Å². The van der Waals surface area contributed by atoms with Gasteiger partial charge in [0.1, 0.15) is 0 Å². The highest BCUT2D eigenvalue weighted by atomic mass is 32.2. The molecule has 6 heteroatoms. The Balaban J connectivity index is 2.95. The van der Waals surface area contributed by atoms with E-state index in [0.717, 1.165) is 0 Å². The van der Waals surface area contributed by atoms with E-state index in [0.29, 0.717) is 12.8 Å². The molecule has 0 bridgehead atoms. The number of carboxylic acid groups (broad SMARTS) is 1. The van der Waals surface area contributed by atoms with E-state index in [4.69, 9.17) is 10.8 Å². The van der Waals surface area contributed by atoms with Gasteiger partial charge in [-0.25, -0.2) is 8.42 Å². The van der Waals surface area contributed by atoms with E-state index in [9.17, 15) is 13.2 Å². The van der Waals surface area contributed by atoms with Crippen molar-refractivity contribution in [3.05, 3.63) is 0 Å². The normalized spacial score (nSPS) is 32.1. The van der Waals surface area contributed by atoms with Crippen molar-refractivity contribution >= 4 is 15.8 Å². The third kappa shape index (κ3) is 2.92. The standard InChI is InChI=1S/C9H17NO4S/c1-7(10)9(5-8(11)12)3-2-4-15(13,14)6-9/h7H,2-6,10H2,1H3,(H,11,12). The zero-order valence-corrected chi connectivity index (χ0v) is 9.59. The minimum Gasteiger partial charge on any atom is -0.481 e. The summed E-state index contributed by atoms with van der Waals surface area (Å²) in [6, 6.07) is -0.413. The summed E-state index contributed by atoms with van der Waals surface area (Å²) in [6.07, 6.45) is 0.928. The molecule has 88 valence electrons. The van der Waals surface area contributed by atoms with E-state index in [1.165, 1.54) is 0 Å². The van der Waals surface area contributed by atoms with Crippen LogP contribution in [0.4, 0.5) is 0 Å². The topological polar surface area (TPSA) is 97.5 Å². The van der Waals surface area contributed by atoms with Crippen LogP contribution in [-0.2, 0) is 14.6 Å². The Morgan fingerprint density at radius 2 is 2.20 bits per heavy atom. The first-order chi connectivity index (χ1) is 6.77. The molecular weight excluding hydrogens is 218 g/mol. The number of nitrogens with two attached hydrogens (primary N) is 1. The lowest BCUT2D eigenvalue weighted by Gasteiger charge is -2.38. The number of carboxylic acids is 1. The molecule has 5 nitrogen and oxygen atoms in total.